The molecule has 92 valence electrons. The molecule has 0 saturated heterocycles. The number of nitrogens with two attached hydrogens (primary N) is 1. The summed E-state index contributed by atoms with van der Waals surface area (Å²) < 4.78 is 2.69. The van der Waals surface area contributed by atoms with Crippen molar-refractivity contribution >= 4 is 32.1 Å². The lowest BCUT2D eigenvalue weighted by molar-refractivity contribution is 0.889. The summed E-state index contributed by atoms with van der Waals surface area (Å²) >= 11 is 3.59. The second-order valence-electron chi connectivity index (χ2n) is 4.37. The van der Waals surface area contributed by atoms with Crippen LogP contribution in [0.3, 0.4) is 0 Å². The van der Waals surface area contributed by atoms with Gasteiger partial charge in [0.1, 0.15) is 0 Å². The molecule has 0 spiro atoms. The highest BCUT2D eigenvalue weighted by Gasteiger charge is 2.13. The Morgan fingerprint density at radius 3 is 2.83 bits per heavy atom. The van der Waals surface area contributed by atoms with Crippen molar-refractivity contribution in [3.05, 3.63) is 57.8 Å². The van der Waals surface area contributed by atoms with Crippen molar-refractivity contribution < 1.29 is 0 Å². The van der Waals surface area contributed by atoms with E-state index < -0.39 is 0 Å². The standard InChI is InChI=1S/C15H15NS2/c1-2-10-4-3-5-11(8-10)15(16)14-9-13-12(18-14)6-7-17-13/h3-9,15H,2,16H2,1H3. The molecule has 0 radical (unpaired) electrons. The van der Waals surface area contributed by atoms with Gasteiger partial charge in [0.2, 0.25) is 0 Å². The summed E-state index contributed by atoms with van der Waals surface area (Å²) in [5, 5.41) is 2.13. The van der Waals surface area contributed by atoms with Gasteiger partial charge in [-0.25, -0.2) is 0 Å². The highest BCUT2D eigenvalue weighted by molar-refractivity contribution is 7.27. The van der Waals surface area contributed by atoms with E-state index in [0.717, 1.165) is 6.42 Å². The van der Waals surface area contributed by atoms with E-state index in [-0.39, 0.29) is 6.04 Å². The molecule has 1 nitrogen and oxygen atoms in total. The third-order valence-corrected chi connectivity index (χ3v) is 5.36. The fourth-order valence-electron chi connectivity index (χ4n) is 2.11. The van der Waals surface area contributed by atoms with Gasteiger partial charge >= 0.3 is 0 Å². The minimum Gasteiger partial charge on any atom is -0.320 e. The van der Waals surface area contributed by atoms with Crippen molar-refractivity contribution in [2.75, 3.05) is 0 Å². The summed E-state index contributed by atoms with van der Waals surface area (Å²) in [6, 6.07) is 13.0. The maximum atomic E-state index is 6.38. The third kappa shape index (κ3) is 2.09. The Kier molecular flexibility index (Phi) is 3.20. The fourth-order valence-corrected chi connectivity index (χ4v) is 4.26. The molecule has 1 unspecified atom stereocenters. The van der Waals surface area contributed by atoms with Crippen molar-refractivity contribution in [2.45, 2.75) is 19.4 Å². The highest BCUT2D eigenvalue weighted by atomic mass is 32.1. The number of fused-ring (bicyclic) bond motifs is 1. The van der Waals surface area contributed by atoms with E-state index in [0.29, 0.717) is 0 Å². The van der Waals surface area contributed by atoms with E-state index in [1.807, 2.05) is 0 Å². The lowest BCUT2D eigenvalue weighted by Gasteiger charge is -2.11. The van der Waals surface area contributed by atoms with Gasteiger partial charge in [-0.3, -0.25) is 0 Å². The lowest BCUT2D eigenvalue weighted by Crippen LogP contribution is -2.10. The molecule has 3 rings (SSSR count). The molecule has 18 heavy (non-hydrogen) atoms. The van der Waals surface area contributed by atoms with E-state index >= 15 is 0 Å². The minimum absolute atomic E-state index is 0.00102. The largest absolute Gasteiger partial charge is 0.320 e. The number of thiophene rings is 2. The topological polar surface area (TPSA) is 26.0 Å². The summed E-state index contributed by atoms with van der Waals surface area (Å²) in [6.07, 6.45) is 1.06. The van der Waals surface area contributed by atoms with Crippen molar-refractivity contribution in [1.29, 1.82) is 0 Å². The zero-order chi connectivity index (χ0) is 12.5. The third-order valence-electron chi connectivity index (χ3n) is 3.18. The van der Waals surface area contributed by atoms with Gasteiger partial charge in [-0.2, -0.15) is 0 Å². The van der Waals surface area contributed by atoms with Crippen LogP contribution in [0.2, 0.25) is 0 Å². The molecular weight excluding hydrogens is 258 g/mol. The van der Waals surface area contributed by atoms with Gasteiger partial charge in [0.05, 0.1) is 6.04 Å². The first-order valence-corrected chi connectivity index (χ1v) is 7.79. The van der Waals surface area contributed by atoms with Crippen LogP contribution in [0.4, 0.5) is 0 Å². The molecule has 2 heterocycles. The van der Waals surface area contributed by atoms with Crippen LogP contribution in [0.5, 0.6) is 0 Å². The second kappa shape index (κ2) is 4.84. The Morgan fingerprint density at radius 1 is 1.17 bits per heavy atom. The summed E-state index contributed by atoms with van der Waals surface area (Å²) in [5.74, 6) is 0. The number of hydrogen-bond acceptors (Lipinski definition) is 3. The van der Waals surface area contributed by atoms with Crippen molar-refractivity contribution in [1.82, 2.24) is 0 Å². The molecule has 0 bridgehead atoms. The maximum Gasteiger partial charge on any atom is 0.0646 e. The zero-order valence-corrected chi connectivity index (χ0v) is 11.9. The van der Waals surface area contributed by atoms with E-state index in [9.17, 15) is 0 Å². The fraction of sp³-hybridized carbons (Fsp3) is 0.200. The minimum atomic E-state index is 0.00102. The first-order chi connectivity index (χ1) is 8.78. The van der Waals surface area contributed by atoms with Crippen LogP contribution in [0.15, 0.2) is 41.8 Å². The van der Waals surface area contributed by atoms with Crippen LogP contribution in [-0.4, -0.2) is 0 Å². The number of aryl methyl sites for hydroxylation is 1. The Bertz CT molecular complexity index is 637. The molecule has 0 amide bonds. The summed E-state index contributed by atoms with van der Waals surface area (Å²) in [6.45, 7) is 2.17. The van der Waals surface area contributed by atoms with Crippen molar-refractivity contribution in [3.63, 3.8) is 0 Å². The van der Waals surface area contributed by atoms with Crippen molar-refractivity contribution in [3.8, 4) is 0 Å². The smallest absolute Gasteiger partial charge is 0.0646 e. The lowest BCUT2D eigenvalue weighted by atomic mass is 10.0. The molecule has 0 aliphatic carbocycles. The van der Waals surface area contributed by atoms with Gasteiger partial charge < -0.3 is 5.73 Å². The van der Waals surface area contributed by atoms with Gasteiger partial charge in [0, 0.05) is 14.3 Å². The summed E-state index contributed by atoms with van der Waals surface area (Å²) in [4.78, 5) is 1.25. The summed E-state index contributed by atoms with van der Waals surface area (Å²) in [5.41, 5.74) is 8.94. The van der Waals surface area contributed by atoms with Crippen LogP contribution in [0, 0.1) is 0 Å². The van der Waals surface area contributed by atoms with Crippen LogP contribution in [0.1, 0.15) is 29.0 Å². The molecular formula is C15H15NS2. The number of benzene rings is 1. The SMILES string of the molecule is CCc1cccc(C(N)c2cc3sccc3s2)c1. The Labute approximate surface area is 115 Å². The van der Waals surface area contributed by atoms with Crippen LogP contribution < -0.4 is 5.73 Å². The molecule has 0 aliphatic heterocycles. The molecule has 0 saturated carbocycles. The molecule has 0 aliphatic rings. The van der Waals surface area contributed by atoms with Crippen LogP contribution >= 0.6 is 22.7 Å². The van der Waals surface area contributed by atoms with E-state index in [1.165, 1.54) is 25.4 Å². The molecule has 0 fully saturated rings. The Balaban J connectivity index is 1.97. The quantitative estimate of drug-likeness (QED) is 0.743. The Hall–Kier alpha value is -1.16. The van der Waals surface area contributed by atoms with E-state index in [1.54, 1.807) is 22.7 Å². The molecule has 3 heteroatoms. The predicted octanol–water partition coefficient (Wildman–Crippen LogP) is 4.57. The molecule has 1 atom stereocenters. The Morgan fingerprint density at radius 2 is 2.06 bits per heavy atom. The van der Waals surface area contributed by atoms with Gasteiger partial charge in [-0.1, -0.05) is 31.2 Å². The summed E-state index contributed by atoms with van der Waals surface area (Å²) in [7, 11) is 0. The van der Waals surface area contributed by atoms with Crippen molar-refractivity contribution in [2.24, 2.45) is 5.73 Å². The molecule has 1 aromatic carbocycles. The average Bonchev–Trinajstić information content (AvgIpc) is 2.98. The normalized spacial score (nSPS) is 13.0. The van der Waals surface area contributed by atoms with Gasteiger partial charge in [-0.15, -0.1) is 22.7 Å². The molecule has 2 aromatic heterocycles. The van der Waals surface area contributed by atoms with Crippen LogP contribution in [-0.2, 0) is 6.42 Å². The van der Waals surface area contributed by atoms with Gasteiger partial charge in [0.15, 0.2) is 0 Å². The van der Waals surface area contributed by atoms with Gasteiger partial charge in [-0.05, 0) is 35.1 Å². The number of hydrogen-bond donors (Lipinski definition) is 1. The maximum absolute atomic E-state index is 6.38. The van der Waals surface area contributed by atoms with E-state index in [2.05, 4.69) is 48.7 Å². The van der Waals surface area contributed by atoms with Crippen LogP contribution in [0.25, 0.3) is 9.40 Å². The first kappa shape index (κ1) is 11.9. The molecule has 2 N–H and O–H groups in total. The molecule has 3 aromatic rings. The first-order valence-electron chi connectivity index (χ1n) is 6.09. The van der Waals surface area contributed by atoms with Gasteiger partial charge in [0.25, 0.3) is 0 Å². The predicted molar refractivity (Wildman–Crippen MR) is 81.6 cm³/mol. The number of rotatable bonds is 3. The highest BCUT2D eigenvalue weighted by Crippen LogP contribution is 2.34. The zero-order valence-electron chi connectivity index (χ0n) is 10.2. The van der Waals surface area contributed by atoms with E-state index in [4.69, 9.17) is 5.73 Å². The second-order valence-corrected chi connectivity index (χ2v) is 6.44. The average molecular weight is 273 g/mol. The monoisotopic (exact) mass is 273 g/mol.